The Kier molecular flexibility index (Phi) is 8.06. The predicted octanol–water partition coefficient (Wildman–Crippen LogP) is 3.38. The molecule has 0 aliphatic heterocycles. The first-order valence-electron chi connectivity index (χ1n) is 7.25. The van der Waals surface area contributed by atoms with Crippen LogP contribution in [-0.4, -0.2) is 37.6 Å². The van der Waals surface area contributed by atoms with Crippen molar-refractivity contribution in [2.75, 3.05) is 26.7 Å². The topological polar surface area (TPSA) is 15.3 Å². The lowest BCUT2D eigenvalue weighted by Gasteiger charge is -2.36. The lowest BCUT2D eigenvalue weighted by molar-refractivity contribution is 0.136. The summed E-state index contributed by atoms with van der Waals surface area (Å²) in [4.78, 5) is 2.53. The van der Waals surface area contributed by atoms with Crippen LogP contribution in [0.25, 0.3) is 0 Å². The van der Waals surface area contributed by atoms with E-state index in [1.165, 1.54) is 19.4 Å². The Morgan fingerprint density at radius 2 is 1.76 bits per heavy atom. The Morgan fingerprint density at radius 1 is 1.18 bits per heavy atom. The third-order valence-electron chi connectivity index (χ3n) is 3.85. The molecule has 0 amide bonds. The van der Waals surface area contributed by atoms with E-state index < -0.39 is 0 Å². The van der Waals surface area contributed by atoms with Crippen molar-refractivity contribution in [3.63, 3.8) is 0 Å². The first kappa shape index (κ1) is 16.9. The van der Waals surface area contributed by atoms with Crippen molar-refractivity contribution >= 4 is 0 Å². The molecule has 2 nitrogen and oxygen atoms in total. The summed E-state index contributed by atoms with van der Waals surface area (Å²) in [5.74, 6) is 0.786. The van der Waals surface area contributed by atoms with E-state index in [2.05, 4.69) is 58.8 Å². The van der Waals surface area contributed by atoms with Crippen molar-refractivity contribution in [2.45, 2.75) is 60.4 Å². The highest BCUT2D eigenvalue weighted by Crippen LogP contribution is 2.23. The van der Waals surface area contributed by atoms with Crippen LogP contribution in [0.15, 0.2) is 0 Å². The van der Waals surface area contributed by atoms with Crippen molar-refractivity contribution in [2.24, 2.45) is 11.3 Å². The number of hydrogen-bond donors (Lipinski definition) is 1. The largest absolute Gasteiger partial charge is 0.316 e. The zero-order valence-electron chi connectivity index (χ0n) is 13.1. The third kappa shape index (κ3) is 7.05. The van der Waals surface area contributed by atoms with E-state index >= 15 is 0 Å². The van der Waals surface area contributed by atoms with Gasteiger partial charge in [-0.15, -0.1) is 0 Å². The molecule has 0 aromatic heterocycles. The first-order chi connectivity index (χ1) is 7.84. The maximum Gasteiger partial charge on any atom is 0.00665 e. The van der Waals surface area contributed by atoms with Gasteiger partial charge in [0.2, 0.25) is 0 Å². The Hall–Kier alpha value is -0.0800. The number of rotatable bonds is 9. The van der Waals surface area contributed by atoms with Crippen LogP contribution in [0.1, 0.15) is 54.4 Å². The van der Waals surface area contributed by atoms with Gasteiger partial charge in [0.1, 0.15) is 0 Å². The molecule has 0 saturated heterocycles. The van der Waals surface area contributed by atoms with Crippen molar-refractivity contribution in [3.05, 3.63) is 0 Å². The maximum absolute atomic E-state index is 3.50. The minimum absolute atomic E-state index is 0.399. The highest BCUT2D eigenvalue weighted by Gasteiger charge is 2.25. The molecule has 0 bridgehead atoms. The van der Waals surface area contributed by atoms with E-state index in [-0.39, 0.29) is 0 Å². The summed E-state index contributed by atoms with van der Waals surface area (Å²) in [6, 6.07) is 0.683. The second-order valence-electron chi connectivity index (χ2n) is 6.34. The van der Waals surface area contributed by atoms with Gasteiger partial charge in [-0.1, -0.05) is 34.6 Å². The molecule has 0 aromatic carbocycles. The third-order valence-corrected chi connectivity index (χ3v) is 3.85. The van der Waals surface area contributed by atoms with Crippen LogP contribution in [0, 0.1) is 11.3 Å². The average Bonchev–Trinajstić information content (AvgIpc) is 2.25. The molecular weight excluding hydrogens is 208 g/mol. The van der Waals surface area contributed by atoms with Gasteiger partial charge in [0.15, 0.2) is 0 Å². The average molecular weight is 242 g/mol. The normalized spacial score (nSPS) is 17.5. The Morgan fingerprint density at radius 3 is 2.18 bits per heavy atom. The van der Waals surface area contributed by atoms with Gasteiger partial charge < -0.3 is 10.2 Å². The molecule has 0 heterocycles. The molecule has 0 radical (unpaired) electrons. The summed E-state index contributed by atoms with van der Waals surface area (Å²) in [5, 5.41) is 3.50. The van der Waals surface area contributed by atoms with Gasteiger partial charge in [-0.05, 0) is 44.7 Å². The minimum atomic E-state index is 0.399. The molecule has 0 aliphatic carbocycles. The van der Waals surface area contributed by atoms with Gasteiger partial charge in [0, 0.05) is 19.1 Å². The van der Waals surface area contributed by atoms with Crippen molar-refractivity contribution in [1.29, 1.82) is 0 Å². The van der Waals surface area contributed by atoms with Crippen molar-refractivity contribution in [1.82, 2.24) is 10.2 Å². The zero-order valence-corrected chi connectivity index (χ0v) is 13.1. The summed E-state index contributed by atoms with van der Waals surface area (Å²) < 4.78 is 0. The molecule has 0 spiro atoms. The van der Waals surface area contributed by atoms with Crippen LogP contribution < -0.4 is 5.32 Å². The van der Waals surface area contributed by atoms with E-state index in [1.807, 2.05) is 0 Å². The van der Waals surface area contributed by atoms with Crippen LogP contribution in [-0.2, 0) is 0 Å². The highest BCUT2D eigenvalue weighted by molar-refractivity contribution is 4.80. The van der Waals surface area contributed by atoms with Crippen LogP contribution in [0.3, 0.4) is 0 Å². The van der Waals surface area contributed by atoms with Gasteiger partial charge in [-0.25, -0.2) is 0 Å². The second kappa shape index (κ2) is 8.10. The zero-order chi connectivity index (χ0) is 13.5. The van der Waals surface area contributed by atoms with Crippen LogP contribution >= 0.6 is 0 Å². The standard InChI is InChI=1S/C15H34N2/c1-8-15(6,11-16-9-2)12-17(7)14(5)10-13(3)4/h13-14,16H,8-12H2,1-7H3. The summed E-state index contributed by atoms with van der Waals surface area (Å²) in [5.41, 5.74) is 0.399. The fourth-order valence-corrected chi connectivity index (χ4v) is 2.34. The molecule has 1 N–H and O–H groups in total. The molecule has 0 aliphatic rings. The van der Waals surface area contributed by atoms with Gasteiger partial charge in [0.05, 0.1) is 0 Å². The Bertz CT molecular complexity index is 191. The number of hydrogen-bond acceptors (Lipinski definition) is 2. The van der Waals surface area contributed by atoms with Gasteiger partial charge in [0.25, 0.3) is 0 Å². The lowest BCUT2D eigenvalue weighted by atomic mass is 9.86. The minimum Gasteiger partial charge on any atom is -0.316 e. The molecule has 0 aromatic rings. The highest BCUT2D eigenvalue weighted by atomic mass is 15.1. The molecule has 2 atom stereocenters. The maximum atomic E-state index is 3.50. The predicted molar refractivity (Wildman–Crippen MR) is 78.5 cm³/mol. The van der Waals surface area contributed by atoms with Crippen LogP contribution in [0.5, 0.6) is 0 Å². The monoisotopic (exact) mass is 242 g/mol. The second-order valence-corrected chi connectivity index (χ2v) is 6.34. The SMILES string of the molecule is CCNCC(C)(CC)CN(C)C(C)CC(C)C. The van der Waals surface area contributed by atoms with Crippen LogP contribution in [0.2, 0.25) is 0 Å². The fraction of sp³-hybridized carbons (Fsp3) is 1.00. The molecule has 0 fully saturated rings. The molecule has 17 heavy (non-hydrogen) atoms. The molecule has 2 unspecified atom stereocenters. The van der Waals surface area contributed by atoms with Crippen molar-refractivity contribution in [3.8, 4) is 0 Å². The smallest absolute Gasteiger partial charge is 0.00665 e. The van der Waals surface area contributed by atoms with Crippen LogP contribution in [0.4, 0.5) is 0 Å². The van der Waals surface area contributed by atoms with E-state index in [4.69, 9.17) is 0 Å². The Labute approximate surface area is 109 Å². The van der Waals surface area contributed by atoms with Crippen molar-refractivity contribution < 1.29 is 0 Å². The van der Waals surface area contributed by atoms with E-state index in [9.17, 15) is 0 Å². The summed E-state index contributed by atoms with van der Waals surface area (Å²) in [6.45, 7) is 17.2. The Balaban J connectivity index is 4.25. The molecular formula is C15H34N2. The van der Waals surface area contributed by atoms with Gasteiger partial charge >= 0.3 is 0 Å². The van der Waals surface area contributed by atoms with E-state index in [1.54, 1.807) is 0 Å². The fourth-order valence-electron chi connectivity index (χ4n) is 2.34. The van der Waals surface area contributed by atoms with E-state index in [0.29, 0.717) is 11.5 Å². The summed E-state index contributed by atoms with van der Waals surface area (Å²) in [7, 11) is 2.27. The summed E-state index contributed by atoms with van der Waals surface area (Å²) in [6.07, 6.45) is 2.52. The van der Waals surface area contributed by atoms with Gasteiger partial charge in [-0.2, -0.15) is 0 Å². The first-order valence-corrected chi connectivity index (χ1v) is 7.25. The number of nitrogens with one attached hydrogen (secondary N) is 1. The number of nitrogens with zero attached hydrogens (tertiary/aromatic N) is 1. The molecule has 2 heteroatoms. The van der Waals surface area contributed by atoms with E-state index in [0.717, 1.165) is 19.0 Å². The summed E-state index contributed by atoms with van der Waals surface area (Å²) >= 11 is 0. The lowest BCUT2D eigenvalue weighted by Crippen LogP contribution is -2.43. The molecule has 0 saturated carbocycles. The molecule has 104 valence electrons. The van der Waals surface area contributed by atoms with Gasteiger partial charge in [-0.3, -0.25) is 0 Å². The molecule has 0 rings (SSSR count). The quantitative estimate of drug-likeness (QED) is 0.667.